The molecule has 0 radical (unpaired) electrons. The van der Waals surface area contributed by atoms with Gasteiger partial charge in [-0.05, 0) is 44.7 Å². The Morgan fingerprint density at radius 1 is 1.19 bits per heavy atom. The van der Waals surface area contributed by atoms with Crippen molar-refractivity contribution in [1.82, 2.24) is 9.88 Å². The SMILES string of the molecule is Cc1sc(NC(=O)C2CCCN(C(=O)C3CC3)C2)nc1-c1ccc(Cl)cc1. The Morgan fingerprint density at radius 3 is 2.63 bits per heavy atom. The number of hydrogen-bond donors (Lipinski definition) is 1. The molecule has 1 aromatic carbocycles. The summed E-state index contributed by atoms with van der Waals surface area (Å²) >= 11 is 7.42. The van der Waals surface area contributed by atoms with Crippen LogP contribution in [0.4, 0.5) is 5.13 Å². The predicted molar refractivity (Wildman–Crippen MR) is 108 cm³/mol. The third-order valence-corrected chi connectivity index (χ3v) is 6.31. The first-order chi connectivity index (χ1) is 13.0. The Kier molecular flexibility index (Phi) is 5.19. The average molecular weight is 404 g/mol. The highest BCUT2D eigenvalue weighted by molar-refractivity contribution is 7.16. The first-order valence-electron chi connectivity index (χ1n) is 9.34. The van der Waals surface area contributed by atoms with E-state index in [0.717, 1.165) is 48.4 Å². The van der Waals surface area contributed by atoms with Gasteiger partial charge < -0.3 is 10.2 Å². The number of halogens is 1. The molecule has 4 rings (SSSR count). The molecule has 2 aromatic rings. The summed E-state index contributed by atoms with van der Waals surface area (Å²) in [5.41, 5.74) is 1.84. The maximum Gasteiger partial charge on any atom is 0.231 e. The largest absolute Gasteiger partial charge is 0.342 e. The van der Waals surface area contributed by atoms with Gasteiger partial charge in [-0.2, -0.15) is 0 Å². The van der Waals surface area contributed by atoms with E-state index in [1.54, 1.807) is 0 Å². The molecule has 2 amide bonds. The number of aryl methyl sites for hydroxylation is 1. The average Bonchev–Trinajstić information content (AvgIpc) is 3.45. The Balaban J connectivity index is 1.42. The molecule has 1 saturated heterocycles. The van der Waals surface area contributed by atoms with Gasteiger partial charge in [-0.1, -0.05) is 23.7 Å². The minimum absolute atomic E-state index is 0.0419. The van der Waals surface area contributed by atoms with Gasteiger partial charge in [0.05, 0.1) is 11.6 Å². The number of piperidine rings is 1. The van der Waals surface area contributed by atoms with Crippen LogP contribution in [0.5, 0.6) is 0 Å². The number of thiazole rings is 1. The van der Waals surface area contributed by atoms with Crippen molar-refractivity contribution in [2.45, 2.75) is 32.6 Å². The molecule has 0 bridgehead atoms. The van der Waals surface area contributed by atoms with E-state index < -0.39 is 0 Å². The lowest BCUT2D eigenvalue weighted by Crippen LogP contribution is -2.44. The van der Waals surface area contributed by atoms with Crippen LogP contribution in [0.3, 0.4) is 0 Å². The van der Waals surface area contributed by atoms with E-state index in [4.69, 9.17) is 11.6 Å². The molecule has 1 unspecified atom stereocenters. The monoisotopic (exact) mass is 403 g/mol. The molecule has 1 aliphatic heterocycles. The molecule has 7 heteroatoms. The molecular weight excluding hydrogens is 382 g/mol. The fourth-order valence-corrected chi connectivity index (χ4v) is 4.48. The van der Waals surface area contributed by atoms with Gasteiger partial charge in [0, 0.05) is 34.5 Å². The van der Waals surface area contributed by atoms with E-state index in [2.05, 4.69) is 10.3 Å². The number of aromatic nitrogens is 1. The van der Waals surface area contributed by atoms with Crippen LogP contribution in [0.25, 0.3) is 11.3 Å². The number of carbonyl (C=O) groups is 2. The Morgan fingerprint density at radius 2 is 1.93 bits per heavy atom. The predicted octanol–water partition coefficient (Wildman–Crippen LogP) is 4.36. The van der Waals surface area contributed by atoms with Crippen molar-refractivity contribution < 1.29 is 9.59 Å². The lowest BCUT2D eigenvalue weighted by molar-refractivity contribution is -0.135. The normalized spacial score (nSPS) is 19.8. The van der Waals surface area contributed by atoms with Gasteiger partial charge in [-0.15, -0.1) is 11.3 Å². The van der Waals surface area contributed by atoms with Crippen molar-refractivity contribution in [2.24, 2.45) is 11.8 Å². The molecular formula is C20H22ClN3O2S. The summed E-state index contributed by atoms with van der Waals surface area (Å²) in [6, 6.07) is 7.53. The molecule has 2 aliphatic rings. The van der Waals surface area contributed by atoms with Crippen LogP contribution < -0.4 is 5.32 Å². The zero-order valence-electron chi connectivity index (χ0n) is 15.2. The highest BCUT2D eigenvalue weighted by Crippen LogP contribution is 2.34. The second-order valence-electron chi connectivity index (χ2n) is 7.32. The summed E-state index contributed by atoms with van der Waals surface area (Å²) in [5.74, 6) is 0.224. The lowest BCUT2D eigenvalue weighted by Gasteiger charge is -2.32. The van der Waals surface area contributed by atoms with Gasteiger partial charge in [-0.25, -0.2) is 4.98 Å². The molecule has 0 spiro atoms. The molecule has 2 fully saturated rings. The van der Waals surface area contributed by atoms with E-state index >= 15 is 0 Å². The number of nitrogens with zero attached hydrogens (tertiary/aromatic N) is 2. The van der Waals surface area contributed by atoms with Gasteiger partial charge in [0.25, 0.3) is 0 Å². The van der Waals surface area contributed by atoms with Gasteiger partial charge in [0.1, 0.15) is 0 Å². The number of benzene rings is 1. The number of anilines is 1. The third kappa shape index (κ3) is 4.17. The number of hydrogen-bond acceptors (Lipinski definition) is 4. The quantitative estimate of drug-likeness (QED) is 0.824. The summed E-state index contributed by atoms with van der Waals surface area (Å²) in [6.07, 6.45) is 3.69. The number of carbonyl (C=O) groups excluding carboxylic acids is 2. The van der Waals surface area contributed by atoms with Gasteiger partial charge in [-0.3, -0.25) is 9.59 Å². The summed E-state index contributed by atoms with van der Waals surface area (Å²) in [6.45, 7) is 3.29. The van der Waals surface area contributed by atoms with Crippen LogP contribution in [-0.2, 0) is 9.59 Å². The van der Waals surface area contributed by atoms with Gasteiger partial charge >= 0.3 is 0 Å². The molecule has 1 N–H and O–H groups in total. The zero-order valence-corrected chi connectivity index (χ0v) is 16.8. The van der Waals surface area contributed by atoms with Gasteiger partial charge in [0.15, 0.2) is 5.13 Å². The fraction of sp³-hybridized carbons (Fsp3) is 0.450. The van der Waals surface area contributed by atoms with Crippen LogP contribution in [0.1, 0.15) is 30.6 Å². The first-order valence-corrected chi connectivity index (χ1v) is 10.5. The fourth-order valence-electron chi connectivity index (χ4n) is 3.51. The minimum Gasteiger partial charge on any atom is -0.342 e. The minimum atomic E-state index is -0.162. The van der Waals surface area contributed by atoms with Crippen LogP contribution in [-0.4, -0.2) is 34.8 Å². The van der Waals surface area contributed by atoms with E-state index in [0.29, 0.717) is 16.7 Å². The van der Waals surface area contributed by atoms with Crippen molar-refractivity contribution in [3.05, 3.63) is 34.2 Å². The number of nitrogens with one attached hydrogen (secondary N) is 1. The Bertz CT molecular complexity index is 861. The lowest BCUT2D eigenvalue weighted by atomic mass is 9.97. The second kappa shape index (κ2) is 7.60. The molecule has 142 valence electrons. The standard InChI is InChI=1S/C20H22ClN3O2S/c1-12-17(13-6-8-16(21)9-7-13)22-20(27-12)23-18(25)15-3-2-10-24(11-15)19(26)14-4-5-14/h6-9,14-15H,2-5,10-11H2,1H3,(H,22,23,25). The molecule has 1 atom stereocenters. The highest BCUT2D eigenvalue weighted by atomic mass is 35.5. The highest BCUT2D eigenvalue weighted by Gasteiger charge is 2.36. The van der Waals surface area contributed by atoms with Crippen molar-refractivity contribution >= 4 is 39.9 Å². The smallest absolute Gasteiger partial charge is 0.231 e. The summed E-state index contributed by atoms with van der Waals surface area (Å²) in [4.78, 5) is 32.5. The van der Waals surface area contributed by atoms with Crippen LogP contribution in [0, 0.1) is 18.8 Å². The summed E-state index contributed by atoms with van der Waals surface area (Å²) in [5, 5.41) is 4.25. The maximum atomic E-state index is 12.7. The van der Waals surface area contributed by atoms with Crippen LogP contribution >= 0.6 is 22.9 Å². The number of rotatable bonds is 4. The number of amides is 2. The van der Waals surface area contributed by atoms with Crippen molar-refractivity contribution in [1.29, 1.82) is 0 Å². The molecule has 1 aliphatic carbocycles. The molecule has 27 heavy (non-hydrogen) atoms. The Hall–Kier alpha value is -1.92. The van der Waals surface area contributed by atoms with Crippen LogP contribution in [0.15, 0.2) is 24.3 Å². The van der Waals surface area contributed by atoms with E-state index in [-0.39, 0.29) is 23.7 Å². The molecule has 5 nitrogen and oxygen atoms in total. The Labute approximate surface area is 167 Å². The first kappa shape index (κ1) is 18.4. The number of likely N-dealkylation sites (tertiary alicyclic amines) is 1. The molecule has 2 heterocycles. The van der Waals surface area contributed by atoms with Crippen molar-refractivity contribution in [3.63, 3.8) is 0 Å². The zero-order chi connectivity index (χ0) is 19.0. The van der Waals surface area contributed by atoms with E-state index in [9.17, 15) is 9.59 Å². The molecule has 1 saturated carbocycles. The van der Waals surface area contributed by atoms with E-state index in [1.165, 1.54) is 11.3 Å². The van der Waals surface area contributed by atoms with E-state index in [1.807, 2.05) is 36.1 Å². The second-order valence-corrected chi connectivity index (χ2v) is 8.96. The third-order valence-electron chi connectivity index (χ3n) is 5.17. The summed E-state index contributed by atoms with van der Waals surface area (Å²) < 4.78 is 0. The van der Waals surface area contributed by atoms with Crippen molar-refractivity contribution in [3.8, 4) is 11.3 Å². The van der Waals surface area contributed by atoms with Crippen LogP contribution in [0.2, 0.25) is 5.02 Å². The summed E-state index contributed by atoms with van der Waals surface area (Å²) in [7, 11) is 0. The van der Waals surface area contributed by atoms with Gasteiger partial charge in [0.2, 0.25) is 11.8 Å². The maximum absolute atomic E-state index is 12.7. The van der Waals surface area contributed by atoms with Crippen molar-refractivity contribution in [2.75, 3.05) is 18.4 Å². The molecule has 1 aromatic heterocycles. The topological polar surface area (TPSA) is 62.3 Å².